The highest BCUT2D eigenvalue weighted by Gasteiger charge is 2.29. The second kappa shape index (κ2) is 4.85. The lowest BCUT2D eigenvalue weighted by Crippen LogP contribution is -2.27. The van der Waals surface area contributed by atoms with Gasteiger partial charge in [-0.1, -0.05) is 18.2 Å². The van der Waals surface area contributed by atoms with Crippen LogP contribution in [0.3, 0.4) is 0 Å². The maximum absolute atomic E-state index is 9.88. The molecule has 16 heavy (non-hydrogen) atoms. The third kappa shape index (κ3) is 2.20. The molecule has 1 aromatic rings. The molecule has 1 aromatic carbocycles. The van der Waals surface area contributed by atoms with Gasteiger partial charge < -0.3 is 15.3 Å². The Morgan fingerprint density at radius 2 is 2.19 bits per heavy atom. The van der Waals surface area contributed by atoms with Gasteiger partial charge in [-0.15, -0.1) is 0 Å². The minimum Gasteiger partial charge on any atom is -0.508 e. The van der Waals surface area contributed by atoms with Gasteiger partial charge in [-0.05, 0) is 39.0 Å². The van der Waals surface area contributed by atoms with Gasteiger partial charge in [-0.2, -0.15) is 0 Å². The van der Waals surface area contributed by atoms with E-state index >= 15 is 0 Å². The van der Waals surface area contributed by atoms with Crippen LogP contribution in [0.15, 0.2) is 24.3 Å². The van der Waals surface area contributed by atoms with Crippen molar-refractivity contribution in [1.29, 1.82) is 0 Å². The molecular weight excluding hydrogens is 200 g/mol. The van der Waals surface area contributed by atoms with Crippen LogP contribution in [0.4, 0.5) is 0 Å². The Morgan fingerprint density at radius 1 is 1.44 bits per heavy atom. The zero-order valence-electron chi connectivity index (χ0n) is 9.98. The molecule has 0 bridgehead atoms. The summed E-state index contributed by atoms with van der Waals surface area (Å²) in [5.41, 5.74) is 1.02. The van der Waals surface area contributed by atoms with Crippen molar-refractivity contribution in [2.45, 2.75) is 12.5 Å². The number of hydrogen-bond acceptors (Lipinski definition) is 3. The molecule has 0 saturated carbocycles. The Labute approximate surface area is 97.1 Å². The molecule has 3 nitrogen and oxygen atoms in total. The molecule has 0 aliphatic carbocycles. The number of benzene rings is 1. The van der Waals surface area contributed by atoms with E-state index in [9.17, 15) is 5.11 Å². The molecule has 0 amide bonds. The fourth-order valence-corrected chi connectivity index (χ4v) is 2.64. The van der Waals surface area contributed by atoms with Crippen molar-refractivity contribution in [1.82, 2.24) is 10.2 Å². The Hall–Kier alpha value is -1.06. The number of phenols is 1. The number of phenolic OH excluding ortho intramolecular Hbond substituents is 1. The van der Waals surface area contributed by atoms with E-state index < -0.39 is 0 Å². The predicted octanol–water partition coefficient (Wildman–Crippen LogP) is 1.60. The summed E-state index contributed by atoms with van der Waals surface area (Å²) < 4.78 is 0. The summed E-state index contributed by atoms with van der Waals surface area (Å²) in [6, 6.07) is 7.88. The average Bonchev–Trinajstić information content (AvgIpc) is 2.69. The topological polar surface area (TPSA) is 35.5 Å². The molecule has 1 saturated heterocycles. The third-order valence-corrected chi connectivity index (χ3v) is 3.48. The minimum atomic E-state index is 0.256. The maximum Gasteiger partial charge on any atom is 0.120 e. The van der Waals surface area contributed by atoms with Crippen LogP contribution in [0, 0.1) is 5.92 Å². The van der Waals surface area contributed by atoms with Crippen LogP contribution < -0.4 is 5.32 Å². The Balaban J connectivity index is 2.19. The first-order chi connectivity index (χ1) is 7.72. The molecule has 2 rings (SSSR count). The fourth-order valence-electron chi connectivity index (χ4n) is 2.64. The first-order valence-corrected chi connectivity index (χ1v) is 5.86. The molecule has 0 aromatic heterocycles. The van der Waals surface area contributed by atoms with E-state index in [4.69, 9.17) is 0 Å². The van der Waals surface area contributed by atoms with E-state index in [-0.39, 0.29) is 6.04 Å². The lowest BCUT2D eigenvalue weighted by Gasteiger charge is -2.24. The highest BCUT2D eigenvalue weighted by Crippen LogP contribution is 2.33. The number of para-hydroxylation sites is 1. The average molecular weight is 220 g/mol. The van der Waals surface area contributed by atoms with E-state index in [1.807, 2.05) is 25.2 Å². The Bertz CT molecular complexity index is 354. The van der Waals surface area contributed by atoms with Crippen LogP contribution in [-0.4, -0.2) is 37.2 Å². The summed E-state index contributed by atoms with van der Waals surface area (Å²) in [6.07, 6.45) is 1.19. The fraction of sp³-hybridized carbons (Fsp3) is 0.538. The quantitative estimate of drug-likeness (QED) is 0.812. The van der Waals surface area contributed by atoms with Crippen molar-refractivity contribution in [3.63, 3.8) is 0 Å². The van der Waals surface area contributed by atoms with Crippen molar-refractivity contribution in [3.05, 3.63) is 29.8 Å². The smallest absolute Gasteiger partial charge is 0.120 e. The number of nitrogens with one attached hydrogen (secondary N) is 1. The van der Waals surface area contributed by atoms with E-state index in [1.165, 1.54) is 6.42 Å². The van der Waals surface area contributed by atoms with Crippen molar-refractivity contribution < 1.29 is 5.11 Å². The summed E-state index contributed by atoms with van der Waals surface area (Å²) >= 11 is 0. The number of likely N-dealkylation sites (tertiary alicyclic amines) is 1. The SMILES string of the molecule is CNC(c1ccccc1O)C1CCN(C)C1. The Morgan fingerprint density at radius 3 is 2.75 bits per heavy atom. The van der Waals surface area contributed by atoms with E-state index in [2.05, 4.69) is 17.3 Å². The summed E-state index contributed by atoms with van der Waals surface area (Å²) in [5, 5.41) is 13.2. The van der Waals surface area contributed by atoms with Gasteiger partial charge in [0.1, 0.15) is 5.75 Å². The molecule has 1 aliphatic rings. The van der Waals surface area contributed by atoms with Gasteiger partial charge >= 0.3 is 0 Å². The van der Waals surface area contributed by atoms with Crippen LogP contribution >= 0.6 is 0 Å². The standard InChI is InChI=1S/C13H20N2O/c1-14-13(10-7-8-15(2)9-10)11-5-3-4-6-12(11)16/h3-6,10,13-14,16H,7-9H2,1-2H3. The molecule has 2 atom stereocenters. The van der Waals surface area contributed by atoms with Crippen molar-refractivity contribution in [3.8, 4) is 5.75 Å². The van der Waals surface area contributed by atoms with E-state index in [0.29, 0.717) is 11.7 Å². The van der Waals surface area contributed by atoms with Gasteiger partial charge in [0, 0.05) is 18.2 Å². The molecular formula is C13H20N2O. The summed E-state index contributed by atoms with van der Waals surface area (Å²) in [4.78, 5) is 2.34. The van der Waals surface area contributed by atoms with Crippen LogP contribution in [0.1, 0.15) is 18.0 Å². The van der Waals surface area contributed by atoms with Crippen LogP contribution in [0.2, 0.25) is 0 Å². The summed E-state index contributed by atoms with van der Waals surface area (Å²) in [6.45, 7) is 2.25. The van der Waals surface area contributed by atoms with Crippen LogP contribution in [0.25, 0.3) is 0 Å². The van der Waals surface area contributed by atoms with Crippen molar-refractivity contribution in [2.24, 2.45) is 5.92 Å². The highest BCUT2D eigenvalue weighted by molar-refractivity contribution is 5.35. The molecule has 2 N–H and O–H groups in total. The zero-order valence-corrected chi connectivity index (χ0v) is 9.98. The van der Waals surface area contributed by atoms with E-state index in [1.54, 1.807) is 6.07 Å². The lowest BCUT2D eigenvalue weighted by molar-refractivity contribution is 0.343. The molecule has 1 heterocycles. The largest absolute Gasteiger partial charge is 0.508 e. The van der Waals surface area contributed by atoms with Crippen molar-refractivity contribution >= 4 is 0 Å². The van der Waals surface area contributed by atoms with Gasteiger partial charge in [-0.3, -0.25) is 0 Å². The second-order valence-corrected chi connectivity index (χ2v) is 4.64. The summed E-state index contributed by atoms with van der Waals surface area (Å²) in [7, 11) is 4.12. The Kier molecular flexibility index (Phi) is 3.46. The monoisotopic (exact) mass is 220 g/mol. The van der Waals surface area contributed by atoms with Crippen molar-refractivity contribution in [2.75, 3.05) is 27.2 Å². The molecule has 88 valence electrons. The first-order valence-electron chi connectivity index (χ1n) is 5.86. The van der Waals surface area contributed by atoms with Gasteiger partial charge in [-0.25, -0.2) is 0 Å². The van der Waals surface area contributed by atoms with Gasteiger partial charge in [0.25, 0.3) is 0 Å². The lowest BCUT2D eigenvalue weighted by atomic mass is 9.92. The zero-order chi connectivity index (χ0) is 11.5. The van der Waals surface area contributed by atoms with E-state index in [0.717, 1.165) is 18.7 Å². The number of hydrogen-bond donors (Lipinski definition) is 2. The molecule has 2 unspecified atom stereocenters. The second-order valence-electron chi connectivity index (χ2n) is 4.64. The van der Waals surface area contributed by atoms with Gasteiger partial charge in [0.2, 0.25) is 0 Å². The minimum absolute atomic E-state index is 0.256. The molecule has 1 fully saturated rings. The number of rotatable bonds is 3. The highest BCUT2D eigenvalue weighted by atomic mass is 16.3. The third-order valence-electron chi connectivity index (χ3n) is 3.48. The molecule has 0 radical (unpaired) electrons. The van der Waals surface area contributed by atoms with Gasteiger partial charge in [0.05, 0.1) is 0 Å². The number of nitrogens with zero attached hydrogens (tertiary/aromatic N) is 1. The van der Waals surface area contributed by atoms with Crippen LogP contribution in [0.5, 0.6) is 5.75 Å². The first kappa shape index (κ1) is 11.4. The summed E-state index contributed by atoms with van der Waals surface area (Å²) in [5.74, 6) is 0.986. The van der Waals surface area contributed by atoms with Gasteiger partial charge in [0.15, 0.2) is 0 Å². The molecule has 1 aliphatic heterocycles. The molecule has 0 spiro atoms. The maximum atomic E-state index is 9.88. The molecule has 3 heteroatoms. The number of aromatic hydroxyl groups is 1. The van der Waals surface area contributed by atoms with Crippen LogP contribution in [-0.2, 0) is 0 Å². The normalized spacial score (nSPS) is 23.5. The predicted molar refractivity (Wildman–Crippen MR) is 65.5 cm³/mol.